The molecule has 1 aromatic rings. The third kappa shape index (κ3) is 10.3. The van der Waals surface area contributed by atoms with Crippen molar-refractivity contribution in [1.29, 1.82) is 0 Å². The van der Waals surface area contributed by atoms with Crippen LogP contribution in [-0.2, 0) is 36.7 Å². The Bertz CT molecular complexity index is 1270. The number of likely N-dealkylation sites (tertiary alicyclic amines) is 2. The molecule has 0 unspecified atom stereocenters. The number of fused-ring (bicyclic) bond motifs is 2. The topological polar surface area (TPSA) is 143 Å². The van der Waals surface area contributed by atoms with Crippen molar-refractivity contribution in [2.45, 2.75) is 128 Å². The van der Waals surface area contributed by atoms with Gasteiger partial charge in [-0.2, -0.15) is 0 Å². The highest BCUT2D eigenvalue weighted by molar-refractivity contribution is 5.76. The Kier molecular flexibility index (Phi) is 13.6. The second-order valence-electron chi connectivity index (χ2n) is 14.6. The number of nitrogens with zero attached hydrogens (tertiary/aromatic N) is 2. The molecule has 1 amide bonds. The van der Waals surface area contributed by atoms with E-state index in [1.165, 1.54) is 32.4 Å². The Hall–Kier alpha value is -3.34. The first-order chi connectivity index (χ1) is 23.7. The lowest BCUT2D eigenvalue weighted by atomic mass is 9.73. The summed E-state index contributed by atoms with van der Waals surface area (Å²) in [7, 11) is 0. The highest BCUT2D eigenvalue weighted by Crippen LogP contribution is 2.49. The number of benzene rings is 1. The number of carbonyl (C=O) groups excluding carboxylic acids is 2. The number of ether oxygens (including phenoxy) is 3. The molecular formula is C38H56N2O9. The predicted octanol–water partition coefficient (Wildman–Crippen LogP) is 6.09. The van der Waals surface area contributed by atoms with Gasteiger partial charge in [0.25, 0.3) is 0 Å². The van der Waals surface area contributed by atoms with E-state index in [2.05, 4.69) is 17.9 Å². The van der Waals surface area contributed by atoms with Crippen molar-refractivity contribution in [2.24, 2.45) is 17.8 Å². The molecule has 2 aliphatic heterocycles. The van der Waals surface area contributed by atoms with Crippen LogP contribution >= 0.6 is 0 Å². The SMILES string of the molecule is CCCCC[C@@H](CC[C@@H]1[C@H]2Cc3cccc(OCC(=O)O)c3C[C@H]2C[C@H]1OC(=O)CCC(=O)O)OC(=O)N1CCC(N2CCCCC2)CC1. The summed E-state index contributed by atoms with van der Waals surface area (Å²) in [6, 6.07) is 6.31. The number of carboxylic acid groups (broad SMARTS) is 2. The van der Waals surface area contributed by atoms with Gasteiger partial charge in [-0.1, -0.05) is 38.3 Å². The van der Waals surface area contributed by atoms with Gasteiger partial charge in [0, 0.05) is 19.1 Å². The minimum atomic E-state index is -1.04. The van der Waals surface area contributed by atoms with Crippen LogP contribution in [0.5, 0.6) is 5.75 Å². The van der Waals surface area contributed by atoms with Gasteiger partial charge in [0.2, 0.25) is 0 Å². The molecule has 1 aromatic carbocycles. The molecule has 3 fully saturated rings. The summed E-state index contributed by atoms with van der Waals surface area (Å²) in [5.41, 5.74) is 2.13. The van der Waals surface area contributed by atoms with Crippen LogP contribution in [0.15, 0.2) is 18.2 Å². The van der Waals surface area contributed by atoms with E-state index in [0.29, 0.717) is 31.1 Å². The van der Waals surface area contributed by atoms with Crippen LogP contribution < -0.4 is 4.74 Å². The molecule has 2 saturated heterocycles. The van der Waals surface area contributed by atoms with Crippen LogP contribution in [-0.4, -0.2) is 95.0 Å². The lowest BCUT2D eigenvalue weighted by Gasteiger charge is -2.40. The number of carboxylic acids is 2. The summed E-state index contributed by atoms with van der Waals surface area (Å²) in [6.45, 7) is 5.53. The van der Waals surface area contributed by atoms with E-state index in [1.54, 1.807) is 0 Å². The largest absolute Gasteiger partial charge is 0.482 e. The van der Waals surface area contributed by atoms with Gasteiger partial charge in [-0.05, 0) is 119 Å². The zero-order valence-corrected chi connectivity index (χ0v) is 29.2. The molecule has 272 valence electrons. The number of unbranched alkanes of at least 4 members (excludes halogenated alkanes) is 2. The van der Waals surface area contributed by atoms with Crippen molar-refractivity contribution in [1.82, 2.24) is 9.80 Å². The zero-order chi connectivity index (χ0) is 34.8. The molecule has 5 atom stereocenters. The van der Waals surface area contributed by atoms with E-state index in [1.807, 2.05) is 17.0 Å². The number of rotatable bonds is 16. The molecule has 0 aromatic heterocycles. The predicted molar refractivity (Wildman–Crippen MR) is 182 cm³/mol. The summed E-state index contributed by atoms with van der Waals surface area (Å²) in [5, 5.41) is 18.3. The molecule has 0 spiro atoms. The maximum atomic E-state index is 13.5. The summed E-state index contributed by atoms with van der Waals surface area (Å²) in [5.74, 6) is -1.53. The maximum absolute atomic E-state index is 13.5. The first-order valence-electron chi connectivity index (χ1n) is 18.8. The van der Waals surface area contributed by atoms with E-state index in [9.17, 15) is 24.3 Å². The normalized spacial score (nSPS) is 24.8. The molecular weight excluding hydrogens is 628 g/mol. The first kappa shape index (κ1) is 36.9. The van der Waals surface area contributed by atoms with Crippen molar-refractivity contribution >= 4 is 24.0 Å². The third-order valence-corrected chi connectivity index (χ3v) is 11.3. The van der Waals surface area contributed by atoms with Crippen LogP contribution in [0.3, 0.4) is 0 Å². The van der Waals surface area contributed by atoms with Gasteiger partial charge < -0.3 is 34.2 Å². The Morgan fingerprint density at radius 2 is 1.69 bits per heavy atom. The van der Waals surface area contributed by atoms with Crippen LogP contribution in [0.4, 0.5) is 4.79 Å². The lowest BCUT2D eigenvalue weighted by Crippen LogP contribution is -2.48. The molecule has 2 N–H and O–H groups in total. The smallest absolute Gasteiger partial charge is 0.410 e. The number of esters is 1. The van der Waals surface area contributed by atoms with Crippen LogP contribution in [0.2, 0.25) is 0 Å². The van der Waals surface area contributed by atoms with E-state index < -0.39 is 24.5 Å². The number of piperidine rings is 2. The van der Waals surface area contributed by atoms with Crippen LogP contribution in [0.25, 0.3) is 0 Å². The number of aliphatic carboxylic acids is 2. The van der Waals surface area contributed by atoms with Crippen molar-refractivity contribution in [3.8, 4) is 5.75 Å². The molecule has 0 bridgehead atoms. The van der Waals surface area contributed by atoms with E-state index in [-0.39, 0.29) is 48.9 Å². The first-order valence-corrected chi connectivity index (χ1v) is 18.8. The van der Waals surface area contributed by atoms with Gasteiger partial charge in [-0.3, -0.25) is 9.59 Å². The summed E-state index contributed by atoms with van der Waals surface area (Å²) in [4.78, 5) is 53.1. The van der Waals surface area contributed by atoms with Gasteiger partial charge in [0.15, 0.2) is 6.61 Å². The highest BCUT2D eigenvalue weighted by Gasteiger charge is 2.47. The van der Waals surface area contributed by atoms with Crippen molar-refractivity contribution in [3.63, 3.8) is 0 Å². The van der Waals surface area contributed by atoms with Crippen molar-refractivity contribution in [3.05, 3.63) is 29.3 Å². The molecule has 49 heavy (non-hydrogen) atoms. The van der Waals surface area contributed by atoms with Gasteiger partial charge >= 0.3 is 24.0 Å². The summed E-state index contributed by atoms with van der Waals surface area (Å²) >= 11 is 0. The summed E-state index contributed by atoms with van der Waals surface area (Å²) < 4.78 is 17.9. The molecule has 2 heterocycles. The molecule has 2 aliphatic carbocycles. The third-order valence-electron chi connectivity index (χ3n) is 11.3. The Morgan fingerprint density at radius 3 is 2.41 bits per heavy atom. The Labute approximate surface area is 290 Å². The second-order valence-corrected chi connectivity index (χ2v) is 14.6. The monoisotopic (exact) mass is 684 g/mol. The molecule has 4 aliphatic rings. The Morgan fingerprint density at radius 1 is 0.918 bits per heavy atom. The highest BCUT2D eigenvalue weighted by atomic mass is 16.6. The number of carbonyl (C=O) groups is 4. The minimum Gasteiger partial charge on any atom is -0.482 e. The van der Waals surface area contributed by atoms with E-state index >= 15 is 0 Å². The standard InChI is InChI=1S/C38H56N2O9/c1-2-3-5-10-29(48-38(46)40-20-16-28(17-21-40)39-18-6-4-7-19-39)12-13-30-31-22-26-9-8-11-33(47-25-36(43)44)32(26)23-27(31)24-34(30)49-37(45)15-14-35(41)42/h8-9,11,27-31,34H,2-7,10,12-25H2,1H3,(H,41,42)(H,43,44)/t27-,29-,30+,31-,34+/m0/s1. The number of amides is 1. The van der Waals surface area contributed by atoms with Crippen molar-refractivity contribution < 1.29 is 43.6 Å². The second kappa shape index (κ2) is 18.1. The molecule has 1 saturated carbocycles. The molecule has 11 nitrogen and oxygen atoms in total. The molecule has 0 radical (unpaired) electrons. The van der Waals surface area contributed by atoms with Gasteiger partial charge in [-0.15, -0.1) is 0 Å². The molecule has 11 heteroatoms. The minimum absolute atomic E-state index is 0.0307. The average Bonchev–Trinajstić information content (AvgIpc) is 3.43. The number of hydrogen-bond donors (Lipinski definition) is 2. The average molecular weight is 685 g/mol. The fourth-order valence-electron chi connectivity index (χ4n) is 8.80. The Balaban J connectivity index is 1.25. The van der Waals surface area contributed by atoms with Gasteiger partial charge in [-0.25, -0.2) is 9.59 Å². The maximum Gasteiger partial charge on any atom is 0.410 e. The summed E-state index contributed by atoms with van der Waals surface area (Å²) in [6.07, 6.45) is 11.9. The quantitative estimate of drug-likeness (QED) is 0.155. The lowest BCUT2D eigenvalue weighted by molar-refractivity contribution is -0.154. The van der Waals surface area contributed by atoms with Gasteiger partial charge in [0.05, 0.1) is 12.8 Å². The fraction of sp³-hybridized carbons (Fsp3) is 0.737. The number of hydrogen-bond acceptors (Lipinski definition) is 8. The van der Waals surface area contributed by atoms with Crippen LogP contribution in [0.1, 0.15) is 108 Å². The van der Waals surface area contributed by atoms with E-state index in [0.717, 1.165) is 75.6 Å². The zero-order valence-electron chi connectivity index (χ0n) is 29.2. The van der Waals surface area contributed by atoms with Crippen LogP contribution in [0, 0.1) is 17.8 Å². The van der Waals surface area contributed by atoms with E-state index in [4.69, 9.17) is 19.3 Å². The fourth-order valence-corrected chi connectivity index (χ4v) is 8.80. The molecule has 5 rings (SSSR count). The van der Waals surface area contributed by atoms with Gasteiger partial charge in [0.1, 0.15) is 18.0 Å². The van der Waals surface area contributed by atoms with Crippen molar-refractivity contribution in [2.75, 3.05) is 32.8 Å².